The second-order valence-corrected chi connectivity index (χ2v) is 4.51. The fraction of sp³-hybridized carbons (Fsp3) is 0.615. The molecule has 20 heavy (non-hydrogen) atoms. The highest BCUT2D eigenvalue weighted by atomic mass is 16.5. The van der Waals surface area contributed by atoms with Gasteiger partial charge in [-0.3, -0.25) is 0 Å². The number of hydrogen-bond acceptors (Lipinski definition) is 7. The van der Waals surface area contributed by atoms with Crippen molar-refractivity contribution in [2.24, 2.45) is 0 Å². The molecule has 108 valence electrons. The van der Waals surface area contributed by atoms with E-state index in [-0.39, 0.29) is 6.04 Å². The summed E-state index contributed by atoms with van der Waals surface area (Å²) >= 11 is 0. The van der Waals surface area contributed by atoms with Crippen molar-refractivity contribution in [2.75, 3.05) is 5.32 Å². The number of nitrogens with one attached hydrogen (secondary N) is 1. The Morgan fingerprint density at radius 2 is 1.80 bits per heavy atom. The van der Waals surface area contributed by atoms with Gasteiger partial charge in [0, 0.05) is 6.92 Å². The van der Waals surface area contributed by atoms with Crippen molar-refractivity contribution in [3.05, 3.63) is 23.1 Å². The average Bonchev–Trinajstić information content (AvgIpc) is 2.90. The van der Waals surface area contributed by atoms with Gasteiger partial charge in [0.2, 0.25) is 11.8 Å². The van der Waals surface area contributed by atoms with Crippen molar-refractivity contribution in [1.82, 2.24) is 25.3 Å². The van der Waals surface area contributed by atoms with Gasteiger partial charge < -0.3 is 9.84 Å². The van der Waals surface area contributed by atoms with Crippen molar-refractivity contribution >= 4 is 5.95 Å². The van der Waals surface area contributed by atoms with E-state index in [4.69, 9.17) is 4.52 Å². The van der Waals surface area contributed by atoms with E-state index in [1.807, 2.05) is 6.92 Å². The Bertz CT molecular complexity index is 568. The van der Waals surface area contributed by atoms with Crippen molar-refractivity contribution < 1.29 is 4.52 Å². The molecule has 0 fully saturated rings. The third-order valence-corrected chi connectivity index (χ3v) is 3.08. The summed E-state index contributed by atoms with van der Waals surface area (Å²) < 4.78 is 5.01. The van der Waals surface area contributed by atoms with E-state index in [1.54, 1.807) is 6.92 Å². The highest BCUT2D eigenvalue weighted by molar-refractivity contribution is 5.28. The maximum Gasteiger partial charge on any atom is 0.243 e. The van der Waals surface area contributed by atoms with Crippen LogP contribution in [0.1, 0.15) is 56.3 Å². The second kappa shape index (κ2) is 6.40. The van der Waals surface area contributed by atoms with Gasteiger partial charge in [-0.2, -0.15) is 10.1 Å². The third-order valence-electron chi connectivity index (χ3n) is 3.08. The van der Waals surface area contributed by atoms with Crippen molar-refractivity contribution in [2.45, 2.75) is 53.0 Å². The number of aryl methyl sites for hydroxylation is 3. The molecular weight excluding hydrogens is 256 g/mol. The van der Waals surface area contributed by atoms with E-state index >= 15 is 0 Å². The molecule has 2 aromatic rings. The van der Waals surface area contributed by atoms with Crippen molar-refractivity contribution in [3.8, 4) is 0 Å². The predicted octanol–water partition coefficient (Wildman–Crippen LogP) is 2.25. The molecule has 1 unspecified atom stereocenters. The molecule has 0 spiro atoms. The molecule has 2 rings (SSSR count). The standard InChI is InChI=1S/C13H20N6O/c1-5-9-10(6-2)17-18-13(15-9)16-11(7-3)12-14-8(4)20-19-12/h11H,5-7H2,1-4H3,(H,15,16,18). The highest BCUT2D eigenvalue weighted by Crippen LogP contribution is 2.18. The maximum atomic E-state index is 5.01. The maximum absolute atomic E-state index is 5.01. The molecule has 0 saturated heterocycles. The van der Waals surface area contributed by atoms with Gasteiger partial charge in [0.1, 0.15) is 0 Å². The lowest BCUT2D eigenvalue weighted by Gasteiger charge is -2.13. The van der Waals surface area contributed by atoms with E-state index in [9.17, 15) is 0 Å². The summed E-state index contributed by atoms with van der Waals surface area (Å²) in [6.07, 6.45) is 2.48. The molecule has 0 aliphatic rings. The predicted molar refractivity (Wildman–Crippen MR) is 74.3 cm³/mol. The normalized spacial score (nSPS) is 12.4. The van der Waals surface area contributed by atoms with Crippen LogP contribution in [0.15, 0.2) is 4.52 Å². The van der Waals surface area contributed by atoms with Gasteiger partial charge in [0.15, 0.2) is 5.82 Å². The molecule has 0 bridgehead atoms. The van der Waals surface area contributed by atoms with Crippen LogP contribution in [-0.4, -0.2) is 25.3 Å². The van der Waals surface area contributed by atoms with Crippen LogP contribution < -0.4 is 5.32 Å². The Kier molecular flexibility index (Phi) is 4.60. The van der Waals surface area contributed by atoms with Crippen LogP contribution in [0.5, 0.6) is 0 Å². The highest BCUT2D eigenvalue weighted by Gasteiger charge is 2.17. The molecule has 7 nitrogen and oxygen atoms in total. The smallest absolute Gasteiger partial charge is 0.243 e. The molecule has 0 aliphatic heterocycles. The van der Waals surface area contributed by atoms with Crippen LogP contribution in [-0.2, 0) is 12.8 Å². The fourth-order valence-electron chi connectivity index (χ4n) is 1.96. The molecule has 0 aliphatic carbocycles. The molecule has 0 saturated carbocycles. The van der Waals surface area contributed by atoms with E-state index in [1.165, 1.54) is 0 Å². The molecule has 0 amide bonds. The van der Waals surface area contributed by atoms with Crippen molar-refractivity contribution in [3.63, 3.8) is 0 Å². The van der Waals surface area contributed by atoms with Crippen LogP contribution in [0.25, 0.3) is 0 Å². The van der Waals surface area contributed by atoms with Crippen molar-refractivity contribution in [1.29, 1.82) is 0 Å². The molecular formula is C13H20N6O. The van der Waals surface area contributed by atoms with Gasteiger partial charge in [-0.15, -0.1) is 5.10 Å². The van der Waals surface area contributed by atoms with E-state index in [0.29, 0.717) is 17.7 Å². The summed E-state index contributed by atoms with van der Waals surface area (Å²) in [6.45, 7) is 7.92. The van der Waals surface area contributed by atoms with Gasteiger partial charge in [0.05, 0.1) is 17.4 Å². The van der Waals surface area contributed by atoms with Gasteiger partial charge >= 0.3 is 0 Å². The minimum atomic E-state index is -0.0774. The summed E-state index contributed by atoms with van der Waals surface area (Å²) in [6, 6.07) is -0.0774. The minimum Gasteiger partial charge on any atom is -0.343 e. The second-order valence-electron chi connectivity index (χ2n) is 4.51. The van der Waals surface area contributed by atoms with Crippen LogP contribution in [0.4, 0.5) is 5.95 Å². The number of aromatic nitrogens is 5. The van der Waals surface area contributed by atoms with E-state index in [0.717, 1.165) is 30.7 Å². The average molecular weight is 276 g/mol. The lowest BCUT2D eigenvalue weighted by molar-refractivity contribution is 0.384. The first kappa shape index (κ1) is 14.4. The van der Waals surface area contributed by atoms with Crippen LogP contribution in [0.3, 0.4) is 0 Å². The first-order valence-corrected chi connectivity index (χ1v) is 6.97. The largest absolute Gasteiger partial charge is 0.343 e. The fourth-order valence-corrected chi connectivity index (χ4v) is 1.96. The van der Waals surface area contributed by atoms with Crippen LogP contribution in [0, 0.1) is 6.92 Å². The Morgan fingerprint density at radius 1 is 1.05 bits per heavy atom. The number of nitrogens with zero attached hydrogens (tertiary/aromatic N) is 5. The Morgan fingerprint density at radius 3 is 2.35 bits per heavy atom. The van der Waals surface area contributed by atoms with Gasteiger partial charge in [-0.05, 0) is 19.3 Å². The topological polar surface area (TPSA) is 89.6 Å². The third kappa shape index (κ3) is 3.09. The quantitative estimate of drug-likeness (QED) is 0.865. The van der Waals surface area contributed by atoms with Gasteiger partial charge in [0.25, 0.3) is 0 Å². The lowest BCUT2D eigenvalue weighted by Crippen LogP contribution is -2.15. The number of hydrogen-bond donors (Lipinski definition) is 1. The zero-order chi connectivity index (χ0) is 14.5. The summed E-state index contributed by atoms with van der Waals surface area (Å²) in [4.78, 5) is 8.75. The number of rotatable bonds is 6. The molecule has 2 heterocycles. The van der Waals surface area contributed by atoms with Crippen LogP contribution >= 0.6 is 0 Å². The van der Waals surface area contributed by atoms with Gasteiger partial charge in [-0.25, -0.2) is 4.98 Å². The lowest BCUT2D eigenvalue weighted by atomic mass is 10.2. The molecule has 0 radical (unpaired) electrons. The summed E-state index contributed by atoms with van der Waals surface area (Å²) in [5.41, 5.74) is 1.92. The SMILES string of the molecule is CCc1nnc(NC(CC)c2noc(C)n2)nc1CC. The van der Waals surface area contributed by atoms with E-state index in [2.05, 4.69) is 44.5 Å². The van der Waals surface area contributed by atoms with Gasteiger partial charge in [-0.1, -0.05) is 25.9 Å². The number of anilines is 1. The van der Waals surface area contributed by atoms with Crippen LogP contribution in [0.2, 0.25) is 0 Å². The molecule has 0 aromatic carbocycles. The first-order valence-electron chi connectivity index (χ1n) is 6.97. The first-order chi connectivity index (χ1) is 9.67. The monoisotopic (exact) mass is 276 g/mol. The van der Waals surface area contributed by atoms with E-state index < -0.39 is 0 Å². The Labute approximate surface area is 118 Å². The zero-order valence-corrected chi connectivity index (χ0v) is 12.3. The summed E-state index contributed by atoms with van der Waals surface area (Å²) in [7, 11) is 0. The summed E-state index contributed by atoms with van der Waals surface area (Å²) in [5.74, 6) is 1.68. The molecule has 2 aromatic heterocycles. The Hall–Kier alpha value is -2.05. The molecule has 1 N–H and O–H groups in total. The molecule has 7 heteroatoms. The summed E-state index contributed by atoms with van der Waals surface area (Å²) in [5, 5.41) is 15.5. The zero-order valence-electron chi connectivity index (χ0n) is 12.3. The minimum absolute atomic E-state index is 0.0774. The Balaban J connectivity index is 2.19. The molecule has 1 atom stereocenters.